The lowest BCUT2D eigenvalue weighted by Crippen LogP contribution is -1.88. The Hall–Kier alpha value is -2.42. The van der Waals surface area contributed by atoms with Crippen molar-refractivity contribution in [3.8, 4) is 11.5 Å². The predicted molar refractivity (Wildman–Crippen MR) is 69.6 cm³/mol. The maximum Gasteiger partial charge on any atom is 0.124 e. The smallest absolute Gasteiger partial charge is 0.124 e. The second-order valence-corrected chi connectivity index (χ2v) is 3.70. The van der Waals surface area contributed by atoms with Gasteiger partial charge in [-0.25, -0.2) is 0 Å². The minimum atomic E-state index is 0.153. The quantitative estimate of drug-likeness (QED) is 0.546. The summed E-state index contributed by atoms with van der Waals surface area (Å²) in [7, 11) is 0. The van der Waals surface area contributed by atoms with E-state index in [1.165, 1.54) is 0 Å². The summed E-state index contributed by atoms with van der Waals surface area (Å²) in [5.41, 5.74) is 7.81. The molecule has 3 heteroatoms. The van der Waals surface area contributed by atoms with Crippen molar-refractivity contribution in [2.24, 2.45) is 0 Å². The predicted octanol–water partition coefficient (Wildman–Crippen LogP) is 2.85. The average molecular weight is 227 g/mol. The van der Waals surface area contributed by atoms with Crippen LogP contribution >= 0.6 is 0 Å². The van der Waals surface area contributed by atoms with E-state index in [0.29, 0.717) is 11.3 Å². The lowest BCUT2D eigenvalue weighted by atomic mass is 10.1. The van der Waals surface area contributed by atoms with Crippen LogP contribution in [0.4, 0.5) is 5.69 Å². The third-order valence-corrected chi connectivity index (χ3v) is 2.45. The highest BCUT2D eigenvalue weighted by Crippen LogP contribution is 2.25. The second kappa shape index (κ2) is 4.61. The molecule has 0 saturated heterocycles. The van der Waals surface area contributed by atoms with Gasteiger partial charge in [0, 0.05) is 11.3 Å². The van der Waals surface area contributed by atoms with E-state index in [2.05, 4.69) is 0 Å². The molecule has 0 amide bonds. The number of benzene rings is 2. The number of aromatic hydroxyl groups is 2. The van der Waals surface area contributed by atoms with Crippen LogP contribution in [-0.2, 0) is 0 Å². The van der Waals surface area contributed by atoms with Crippen LogP contribution in [0, 0.1) is 0 Å². The fourth-order valence-electron chi connectivity index (χ4n) is 1.52. The van der Waals surface area contributed by atoms with Gasteiger partial charge in [-0.3, -0.25) is 0 Å². The molecule has 0 fully saturated rings. The van der Waals surface area contributed by atoms with Crippen LogP contribution < -0.4 is 5.73 Å². The Balaban J connectivity index is 2.29. The number of phenolic OH excluding ortho intramolecular Hbond substituents is 2. The molecule has 2 aromatic rings. The van der Waals surface area contributed by atoms with Crippen molar-refractivity contribution in [2.45, 2.75) is 0 Å². The Morgan fingerprint density at radius 2 is 1.59 bits per heavy atom. The van der Waals surface area contributed by atoms with Gasteiger partial charge in [-0.15, -0.1) is 0 Å². The maximum absolute atomic E-state index is 9.64. The molecule has 2 rings (SSSR count). The van der Waals surface area contributed by atoms with E-state index in [1.54, 1.807) is 48.5 Å². The maximum atomic E-state index is 9.64. The molecule has 2 aromatic carbocycles. The Kier molecular flexibility index (Phi) is 3.01. The number of nitrogens with two attached hydrogens (primary N) is 1. The minimum absolute atomic E-state index is 0.153. The molecule has 17 heavy (non-hydrogen) atoms. The number of anilines is 1. The summed E-state index contributed by atoms with van der Waals surface area (Å²) in [6.07, 6.45) is 3.57. The fourth-order valence-corrected chi connectivity index (χ4v) is 1.52. The SMILES string of the molecule is Nc1cccc(O)c1/C=C/c1ccc(O)cc1. The van der Waals surface area contributed by atoms with Crippen LogP contribution in [0.15, 0.2) is 42.5 Å². The summed E-state index contributed by atoms with van der Waals surface area (Å²) in [5.74, 6) is 0.379. The second-order valence-electron chi connectivity index (χ2n) is 3.70. The van der Waals surface area contributed by atoms with Gasteiger partial charge in [0.1, 0.15) is 11.5 Å². The third-order valence-electron chi connectivity index (χ3n) is 2.45. The third kappa shape index (κ3) is 2.58. The summed E-state index contributed by atoms with van der Waals surface area (Å²) < 4.78 is 0. The molecule has 0 aliphatic carbocycles. The van der Waals surface area contributed by atoms with Crippen LogP contribution in [-0.4, -0.2) is 10.2 Å². The number of nitrogen functional groups attached to an aromatic ring is 1. The van der Waals surface area contributed by atoms with Crippen molar-refractivity contribution in [1.82, 2.24) is 0 Å². The van der Waals surface area contributed by atoms with E-state index >= 15 is 0 Å². The van der Waals surface area contributed by atoms with Gasteiger partial charge in [-0.2, -0.15) is 0 Å². The van der Waals surface area contributed by atoms with Crippen molar-refractivity contribution in [3.63, 3.8) is 0 Å². The van der Waals surface area contributed by atoms with Crippen LogP contribution in [0.25, 0.3) is 12.2 Å². The average Bonchev–Trinajstić information content (AvgIpc) is 2.31. The zero-order valence-electron chi connectivity index (χ0n) is 9.17. The van der Waals surface area contributed by atoms with Crippen molar-refractivity contribution < 1.29 is 10.2 Å². The van der Waals surface area contributed by atoms with E-state index in [-0.39, 0.29) is 11.5 Å². The molecule has 0 heterocycles. The molecule has 4 N–H and O–H groups in total. The molecule has 0 aliphatic heterocycles. The molecule has 0 bridgehead atoms. The van der Waals surface area contributed by atoms with Crippen molar-refractivity contribution >= 4 is 17.8 Å². The highest BCUT2D eigenvalue weighted by molar-refractivity contribution is 5.79. The lowest BCUT2D eigenvalue weighted by molar-refractivity contribution is 0.474. The number of rotatable bonds is 2. The normalized spacial score (nSPS) is 10.8. The van der Waals surface area contributed by atoms with Gasteiger partial charge in [0.15, 0.2) is 0 Å². The molecule has 0 radical (unpaired) electrons. The van der Waals surface area contributed by atoms with Crippen molar-refractivity contribution in [1.29, 1.82) is 0 Å². The van der Waals surface area contributed by atoms with Gasteiger partial charge in [-0.1, -0.05) is 24.3 Å². The lowest BCUT2D eigenvalue weighted by Gasteiger charge is -2.02. The summed E-state index contributed by atoms with van der Waals surface area (Å²) >= 11 is 0. The van der Waals surface area contributed by atoms with E-state index in [4.69, 9.17) is 10.8 Å². The highest BCUT2D eigenvalue weighted by Gasteiger charge is 2.00. The summed E-state index contributed by atoms with van der Waals surface area (Å²) in [6, 6.07) is 11.8. The molecule has 86 valence electrons. The van der Waals surface area contributed by atoms with E-state index < -0.39 is 0 Å². The standard InChI is InChI=1S/C14H13NO2/c15-13-2-1-3-14(17)12(13)9-6-10-4-7-11(16)8-5-10/h1-9,16-17H,15H2/b9-6+. The van der Waals surface area contributed by atoms with Crippen LogP contribution in [0.5, 0.6) is 11.5 Å². The molecule has 0 unspecified atom stereocenters. The Bertz CT molecular complexity index is 524. The van der Waals surface area contributed by atoms with Gasteiger partial charge in [0.05, 0.1) is 0 Å². The summed E-state index contributed by atoms with van der Waals surface area (Å²) in [6.45, 7) is 0. The molecule has 0 saturated carbocycles. The molecular formula is C14H13NO2. The molecular weight excluding hydrogens is 214 g/mol. The van der Waals surface area contributed by atoms with Crippen molar-refractivity contribution in [3.05, 3.63) is 53.6 Å². The monoisotopic (exact) mass is 227 g/mol. The van der Waals surface area contributed by atoms with Gasteiger partial charge in [0.2, 0.25) is 0 Å². The molecule has 3 nitrogen and oxygen atoms in total. The van der Waals surface area contributed by atoms with Gasteiger partial charge >= 0.3 is 0 Å². The van der Waals surface area contributed by atoms with Gasteiger partial charge < -0.3 is 15.9 Å². The first-order chi connectivity index (χ1) is 8.16. The molecule has 0 aromatic heterocycles. The first kappa shape index (κ1) is 11.1. The van der Waals surface area contributed by atoms with Crippen LogP contribution in [0.2, 0.25) is 0 Å². The topological polar surface area (TPSA) is 66.5 Å². The van der Waals surface area contributed by atoms with E-state index in [9.17, 15) is 5.11 Å². The molecule has 0 aliphatic rings. The number of hydrogen-bond acceptors (Lipinski definition) is 3. The number of hydrogen-bond donors (Lipinski definition) is 3. The first-order valence-electron chi connectivity index (χ1n) is 5.21. The van der Waals surface area contributed by atoms with Crippen molar-refractivity contribution in [2.75, 3.05) is 5.73 Å². The van der Waals surface area contributed by atoms with Crippen LogP contribution in [0.1, 0.15) is 11.1 Å². The molecule has 0 spiro atoms. The zero-order valence-corrected chi connectivity index (χ0v) is 9.17. The van der Waals surface area contributed by atoms with Gasteiger partial charge in [-0.05, 0) is 35.9 Å². The summed E-state index contributed by atoms with van der Waals surface area (Å²) in [5, 5.41) is 18.8. The highest BCUT2D eigenvalue weighted by atomic mass is 16.3. The Morgan fingerprint density at radius 3 is 2.24 bits per heavy atom. The van der Waals surface area contributed by atoms with Gasteiger partial charge in [0.25, 0.3) is 0 Å². The minimum Gasteiger partial charge on any atom is -0.508 e. The zero-order chi connectivity index (χ0) is 12.3. The number of phenols is 2. The fraction of sp³-hybridized carbons (Fsp3) is 0. The van der Waals surface area contributed by atoms with E-state index in [1.807, 2.05) is 6.08 Å². The Morgan fingerprint density at radius 1 is 0.882 bits per heavy atom. The van der Waals surface area contributed by atoms with Crippen LogP contribution in [0.3, 0.4) is 0 Å². The Labute approximate surface area is 99.5 Å². The summed E-state index contributed by atoms with van der Waals surface area (Å²) in [4.78, 5) is 0. The molecule has 0 atom stereocenters. The first-order valence-corrected chi connectivity index (χ1v) is 5.21. The van der Waals surface area contributed by atoms with E-state index in [0.717, 1.165) is 5.56 Å². The largest absolute Gasteiger partial charge is 0.508 e.